The van der Waals surface area contributed by atoms with Gasteiger partial charge in [0.15, 0.2) is 0 Å². The van der Waals surface area contributed by atoms with Gasteiger partial charge in [-0.2, -0.15) is 0 Å². The number of fused-ring (bicyclic) bond motifs is 2. The predicted molar refractivity (Wildman–Crippen MR) is 272 cm³/mol. The Morgan fingerprint density at radius 3 is 1.02 bits per heavy atom. The van der Waals surface area contributed by atoms with Crippen LogP contribution in [0.2, 0.25) is 9.36 Å². The van der Waals surface area contributed by atoms with Crippen molar-refractivity contribution in [2.75, 3.05) is 0 Å². The van der Waals surface area contributed by atoms with Crippen LogP contribution in [-0.4, -0.2) is 5.49 Å². The molecule has 0 amide bonds. The van der Waals surface area contributed by atoms with Crippen molar-refractivity contribution in [3.05, 3.63) is 190 Å². The third-order valence-corrected chi connectivity index (χ3v) is 63.7. The van der Waals surface area contributed by atoms with Crippen molar-refractivity contribution in [1.82, 2.24) is 0 Å². The Hall–Kier alpha value is -4.11. The molecule has 318 valence electrons. The first kappa shape index (κ1) is 44.5. The van der Waals surface area contributed by atoms with Gasteiger partial charge in [0.05, 0.1) is 0 Å². The standard InChI is InChI=1S/2C23H27.C12H10Si.2CH3.Hf/c2*1-22(2,3)18-13-17(14-19(15-18)23(4,5)6)21-12-8-10-16-9-7-11-20(16)21;1-3-7-11(8-4-1)13-12-9-5-2-6-10-12;;;/h2*7-15H,1-6H3;1-10H;2*1H3;. The second kappa shape index (κ2) is 15.6. The molecule has 2 heteroatoms. The monoisotopic (exact) mass is 998 g/mol. The molecule has 62 heavy (non-hydrogen) atoms. The van der Waals surface area contributed by atoms with Gasteiger partial charge in [0, 0.05) is 0 Å². The normalized spacial score (nSPS) is 16.7. The molecule has 2 atom stereocenters. The van der Waals surface area contributed by atoms with Gasteiger partial charge in [-0.05, 0) is 0 Å². The molecule has 0 N–H and O–H groups in total. The van der Waals surface area contributed by atoms with Gasteiger partial charge in [0.25, 0.3) is 0 Å². The van der Waals surface area contributed by atoms with Crippen molar-refractivity contribution in [2.45, 2.75) is 121 Å². The second-order valence-electron chi connectivity index (χ2n) is 23.6. The molecular weight excluding hydrogens is 927 g/mol. The molecule has 2 unspecified atom stereocenters. The number of allylic oxidation sites excluding steroid dienone is 2. The van der Waals surface area contributed by atoms with E-state index in [-0.39, 0.29) is 21.7 Å². The van der Waals surface area contributed by atoms with Crippen LogP contribution in [0, 0.1) is 0 Å². The van der Waals surface area contributed by atoms with Crippen LogP contribution in [0.25, 0.3) is 34.4 Å². The van der Waals surface area contributed by atoms with E-state index in [9.17, 15) is 0 Å². The SMILES string of the molecule is CC(C)(C)c1cc(-c2cccc3c2C=C[CH]3[Hf]([CH3])([CH3])([CH]2C=Cc3c(-c4cc(C(C)(C)C)cc(C(C)(C)C)c4)cccc32)=[Si](c2ccccc2)c2ccccc2)cc(C(C)(C)C)c1. The van der Waals surface area contributed by atoms with Crippen molar-refractivity contribution in [1.29, 1.82) is 0 Å². The quantitative estimate of drug-likeness (QED) is 0.146. The van der Waals surface area contributed by atoms with Gasteiger partial charge < -0.3 is 0 Å². The summed E-state index contributed by atoms with van der Waals surface area (Å²) in [6.07, 6.45) is 10.5. The van der Waals surface area contributed by atoms with Crippen molar-refractivity contribution < 1.29 is 17.1 Å². The maximum atomic E-state index is 2.88. The molecule has 0 nitrogen and oxygen atoms in total. The second-order valence-corrected chi connectivity index (χ2v) is 67.0. The minimum atomic E-state index is -4.58. The van der Waals surface area contributed by atoms with E-state index in [1.807, 2.05) is 0 Å². The Balaban J connectivity index is 1.42. The first-order chi connectivity index (χ1) is 29.0. The number of benzene rings is 6. The van der Waals surface area contributed by atoms with Crippen LogP contribution < -0.4 is 10.4 Å². The van der Waals surface area contributed by atoms with Gasteiger partial charge in [-0.25, -0.2) is 0 Å². The number of hydrogen-bond donors (Lipinski definition) is 0. The molecule has 0 saturated heterocycles. The van der Waals surface area contributed by atoms with Gasteiger partial charge in [-0.15, -0.1) is 0 Å². The third kappa shape index (κ3) is 7.91. The van der Waals surface area contributed by atoms with Crippen LogP contribution in [0.1, 0.15) is 135 Å². The summed E-state index contributed by atoms with van der Waals surface area (Å²) in [7, 11) is 0. The Labute approximate surface area is 376 Å². The summed E-state index contributed by atoms with van der Waals surface area (Å²) in [5, 5.41) is 3.08. The van der Waals surface area contributed by atoms with Gasteiger partial charge in [-0.3, -0.25) is 0 Å². The van der Waals surface area contributed by atoms with Gasteiger partial charge in [-0.1, -0.05) is 0 Å². The summed E-state index contributed by atoms with van der Waals surface area (Å²) >= 11 is -4.58. The fourth-order valence-corrected chi connectivity index (χ4v) is 63.7. The van der Waals surface area contributed by atoms with Crippen LogP contribution in [0.4, 0.5) is 0 Å². The summed E-state index contributed by atoms with van der Waals surface area (Å²) in [4.78, 5) is 0. The summed E-state index contributed by atoms with van der Waals surface area (Å²) in [5.41, 5.74) is 15.8. The van der Waals surface area contributed by atoms with Gasteiger partial charge in [0.1, 0.15) is 0 Å². The average Bonchev–Trinajstić information content (AvgIpc) is 3.87. The van der Waals surface area contributed by atoms with Gasteiger partial charge >= 0.3 is 379 Å². The Morgan fingerprint density at radius 2 is 0.710 bits per heavy atom. The zero-order valence-corrected chi connectivity index (χ0v) is 44.8. The first-order valence-corrected chi connectivity index (χ1v) is 41.3. The van der Waals surface area contributed by atoms with Crippen molar-refractivity contribution >= 4 is 28.0 Å². The van der Waals surface area contributed by atoms with E-state index in [1.54, 1.807) is 10.4 Å². The minimum absolute atomic E-state index is 0.0431. The van der Waals surface area contributed by atoms with Crippen LogP contribution >= 0.6 is 0 Å². The van der Waals surface area contributed by atoms with E-state index < -0.39 is 22.6 Å². The molecule has 0 saturated carbocycles. The van der Waals surface area contributed by atoms with E-state index in [0.717, 1.165) is 0 Å². The van der Waals surface area contributed by atoms with E-state index in [2.05, 4.69) is 250 Å². The molecule has 6 aromatic carbocycles. The molecule has 0 aromatic heterocycles. The Kier molecular flexibility index (Phi) is 11.2. The average molecular weight is 998 g/mol. The van der Waals surface area contributed by atoms with Crippen molar-refractivity contribution in [2.24, 2.45) is 0 Å². The summed E-state index contributed by atoms with van der Waals surface area (Å²) < 4.78 is 6.47. The zero-order chi connectivity index (χ0) is 44.6. The molecule has 2 aliphatic carbocycles. The molecular formula is C60H70HfSi. The zero-order valence-electron chi connectivity index (χ0n) is 40.2. The van der Waals surface area contributed by atoms with Crippen LogP contribution in [-0.2, 0) is 38.8 Å². The summed E-state index contributed by atoms with van der Waals surface area (Å²) in [6, 6.07) is 52.8. The first-order valence-electron chi connectivity index (χ1n) is 23.1. The molecule has 0 radical (unpaired) electrons. The maximum absolute atomic E-state index is 4.58. The van der Waals surface area contributed by atoms with Crippen molar-refractivity contribution in [3.63, 3.8) is 0 Å². The summed E-state index contributed by atoms with van der Waals surface area (Å²) in [6.45, 7) is 28.2. The predicted octanol–water partition coefficient (Wildman–Crippen LogP) is 15.6. The molecule has 8 rings (SSSR count). The fourth-order valence-electron chi connectivity index (χ4n) is 10.8. The summed E-state index contributed by atoms with van der Waals surface area (Å²) in [5.74, 6) is 0. The van der Waals surface area contributed by atoms with Crippen molar-refractivity contribution in [3.8, 4) is 22.3 Å². The Bertz CT molecular complexity index is 2560. The molecule has 0 aliphatic heterocycles. The van der Waals surface area contributed by atoms with Crippen LogP contribution in [0.5, 0.6) is 0 Å². The van der Waals surface area contributed by atoms with Gasteiger partial charge in [0.2, 0.25) is 0 Å². The topological polar surface area (TPSA) is 0 Å². The van der Waals surface area contributed by atoms with E-state index >= 15 is 0 Å². The van der Waals surface area contributed by atoms with Crippen LogP contribution in [0.3, 0.4) is 0 Å². The Morgan fingerprint density at radius 1 is 0.387 bits per heavy atom. The molecule has 6 aromatic rings. The molecule has 0 spiro atoms. The number of rotatable bonds is 6. The molecule has 0 heterocycles. The molecule has 0 fully saturated rings. The fraction of sp³-hybridized carbons (Fsp3) is 0.333. The van der Waals surface area contributed by atoms with E-state index in [0.29, 0.717) is 7.35 Å². The molecule has 0 bridgehead atoms. The number of hydrogen-bond acceptors (Lipinski definition) is 0. The van der Waals surface area contributed by atoms with Crippen LogP contribution in [0.15, 0.2) is 146 Å². The van der Waals surface area contributed by atoms with E-state index in [1.165, 1.54) is 66.8 Å². The molecule has 2 aliphatic rings. The van der Waals surface area contributed by atoms with E-state index in [4.69, 9.17) is 0 Å². The third-order valence-electron chi connectivity index (χ3n) is 14.6.